The van der Waals surface area contributed by atoms with Gasteiger partial charge in [0.05, 0.1) is 63.2 Å². The van der Waals surface area contributed by atoms with E-state index in [9.17, 15) is 17.8 Å². The molecule has 0 spiro atoms. The molecule has 0 aliphatic rings. The lowest BCUT2D eigenvalue weighted by atomic mass is 10.0. The van der Waals surface area contributed by atoms with Gasteiger partial charge in [-0.25, -0.2) is 0 Å². The Morgan fingerprint density at radius 2 is 0.784 bits per heavy atom. The molecule has 0 saturated heterocycles. The molecule has 0 aliphatic heterocycles. The Hall–Kier alpha value is -6.42. The second kappa shape index (κ2) is 11.0. The lowest BCUT2D eigenvalue weighted by Gasteiger charge is -2.10. The molecule has 51 heavy (non-hydrogen) atoms. The number of nitrogens with zero attached hydrogens (tertiary/aromatic N) is 2. The third kappa shape index (κ3) is 4.35. The van der Waals surface area contributed by atoms with Crippen LogP contribution in [0.3, 0.4) is 0 Å². The van der Waals surface area contributed by atoms with E-state index >= 15 is 0 Å². The van der Waals surface area contributed by atoms with Crippen LogP contribution in [-0.4, -0.2) is 9.13 Å². The smallest absolute Gasteiger partial charge is 0.0660 e. The molecule has 11 rings (SSSR count). The molecular weight excluding hydrogens is 637 g/mol. The van der Waals surface area contributed by atoms with Crippen LogP contribution in [0.2, 0.25) is 0 Å². The number of para-hydroxylation sites is 2. The van der Waals surface area contributed by atoms with Crippen LogP contribution in [0, 0.1) is 0 Å². The molecule has 0 bridgehead atoms. The summed E-state index contributed by atoms with van der Waals surface area (Å²) in [6.45, 7) is 0. The first-order valence-electron chi connectivity index (χ1n) is 30.0. The Labute approximate surface area is 340 Å². The van der Waals surface area contributed by atoms with Crippen LogP contribution < -0.4 is 0 Å². The van der Waals surface area contributed by atoms with Crippen LogP contribution in [0.4, 0.5) is 0 Å². The first kappa shape index (κ1) is 11.8. The maximum absolute atomic E-state index is 9.90. The zero-order valence-corrected chi connectivity index (χ0v) is 26.1. The summed E-state index contributed by atoms with van der Waals surface area (Å²) < 4.78 is 271. The number of hydrogen-bond acceptors (Lipinski definition) is 1. The minimum absolute atomic E-state index is 0.0826. The number of fused-ring (bicyclic) bond motifs is 9. The highest BCUT2D eigenvalue weighted by atomic mass is 32.1. The van der Waals surface area contributed by atoms with Gasteiger partial charge in [-0.2, -0.15) is 0 Å². The van der Waals surface area contributed by atoms with Crippen molar-refractivity contribution in [2.24, 2.45) is 0 Å². The van der Waals surface area contributed by atoms with E-state index in [1.54, 1.807) is 0 Å². The molecule has 0 unspecified atom stereocenters. The Balaban J connectivity index is 1.29. The van der Waals surface area contributed by atoms with Crippen LogP contribution in [0.25, 0.3) is 97.4 Å². The van der Waals surface area contributed by atoms with Crippen LogP contribution >= 0.6 is 11.3 Å². The molecule has 0 saturated carbocycles. The number of benzene rings is 8. The molecule has 3 heteroatoms. The molecule has 3 aromatic heterocycles. The average Bonchev–Trinajstić information content (AvgIpc) is 3.01. The van der Waals surface area contributed by atoms with Crippen molar-refractivity contribution < 1.29 is 41.1 Å². The molecule has 238 valence electrons. The number of hydrogen-bond donors (Lipinski definition) is 0. The number of rotatable bonds is 4. The molecule has 0 atom stereocenters. The lowest BCUT2D eigenvalue weighted by Crippen LogP contribution is -1.94. The Bertz CT molecular complexity index is 4820. The fourth-order valence-corrected chi connectivity index (χ4v) is 7.01. The van der Waals surface area contributed by atoms with Crippen molar-refractivity contribution >= 4 is 75.1 Å². The molecule has 0 fully saturated rings. The summed E-state index contributed by atoms with van der Waals surface area (Å²) in [5.41, 5.74) is -7.18. The molecule has 0 aliphatic carbocycles. The van der Waals surface area contributed by atoms with Gasteiger partial charge >= 0.3 is 0 Å². The Morgan fingerprint density at radius 3 is 1.45 bits per heavy atom. The highest BCUT2D eigenvalue weighted by molar-refractivity contribution is 7.25. The summed E-state index contributed by atoms with van der Waals surface area (Å²) >= 11 is 0.668. The highest BCUT2D eigenvalue weighted by Crippen LogP contribution is 2.40. The molecule has 3 heterocycles. The SMILES string of the molecule is [2H]c1c([2H])c([2H])c(-c2c([2H])c([2H])c(-n3c4c([2H])c([2H])c([2H])c([2H])c4c4c([2H])c(-c5c([2H])c([2H])c6c(c5[2H])c5c([2H])c([2H])c([2H])c([2H])c5n6-c5c([2H])c([2H])c6c(sc7c([2H])c([2H])c([2H])c([2H])c76)c5[2H])c([2H])c([2H])c43)c([2H])c2[2H])c([2H])c1[2H]. The van der Waals surface area contributed by atoms with Gasteiger partial charge in [0.2, 0.25) is 0 Å². The Kier molecular flexibility index (Phi) is 2.56. The second-order valence-corrected chi connectivity index (χ2v) is 12.0. The van der Waals surface area contributed by atoms with E-state index in [2.05, 4.69) is 0 Å². The largest absolute Gasteiger partial charge is 0.309 e. The molecule has 0 N–H and O–H groups in total. The maximum atomic E-state index is 9.90. The van der Waals surface area contributed by atoms with Gasteiger partial charge in [0, 0.05) is 53.1 Å². The quantitative estimate of drug-likeness (QED) is 0.173. The molecule has 8 aromatic carbocycles. The molecule has 2 nitrogen and oxygen atoms in total. The summed E-state index contributed by atoms with van der Waals surface area (Å²) in [5.74, 6) is 0. The normalized spacial score (nSPS) is 20.2. The molecule has 0 radical (unpaired) electrons. The minimum atomic E-state index is -1.06. The van der Waals surface area contributed by atoms with Crippen LogP contribution in [0.5, 0.6) is 0 Å². The minimum Gasteiger partial charge on any atom is -0.309 e. The lowest BCUT2D eigenvalue weighted by molar-refractivity contribution is 1.18. The van der Waals surface area contributed by atoms with E-state index < -0.39 is 259 Å². The zero-order valence-electron chi connectivity index (χ0n) is 55.3. The van der Waals surface area contributed by atoms with Crippen molar-refractivity contribution in [1.29, 1.82) is 0 Å². The molecular formula is C48H30N2S. The number of thiophene rings is 1. The van der Waals surface area contributed by atoms with Gasteiger partial charge in [0.15, 0.2) is 0 Å². The Morgan fingerprint density at radius 1 is 0.314 bits per heavy atom. The van der Waals surface area contributed by atoms with Crippen molar-refractivity contribution in [2.75, 3.05) is 0 Å². The van der Waals surface area contributed by atoms with Gasteiger partial charge in [-0.05, 0) is 88.7 Å². The highest BCUT2D eigenvalue weighted by Gasteiger charge is 2.17. The van der Waals surface area contributed by atoms with Crippen LogP contribution in [0.1, 0.15) is 41.1 Å². The topological polar surface area (TPSA) is 9.86 Å². The monoisotopic (exact) mass is 696 g/mol. The van der Waals surface area contributed by atoms with Crippen molar-refractivity contribution in [3.63, 3.8) is 0 Å². The molecule has 11 aromatic rings. The predicted molar refractivity (Wildman–Crippen MR) is 219 cm³/mol. The molecule has 0 amide bonds. The van der Waals surface area contributed by atoms with Gasteiger partial charge < -0.3 is 9.13 Å². The second-order valence-electron chi connectivity index (χ2n) is 11.0. The van der Waals surface area contributed by atoms with Crippen molar-refractivity contribution in [3.05, 3.63) is 181 Å². The first-order chi connectivity index (χ1) is 37.8. The van der Waals surface area contributed by atoms with E-state index in [4.69, 9.17) is 23.3 Å². The van der Waals surface area contributed by atoms with E-state index in [-0.39, 0.29) is 20.2 Å². The summed E-state index contributed by atoms with van der Waals surface area (Å²) in [7, 11) is 0. The third-order valence-electron chi connectivity index (χ3n) is 8.25. The van der Waals surface area contributed by atoms with E-state index in [0.29, 0.717) is 15.9 Å². The van der Waals surface area contributed by atoms with Crippen LogP contribution in [0.15, 0.2) is 181 Å². The van der Waals surface area contributed by atoms with Gasteiger partial charge in [-0.15, -0.1) is 11.3 Å². The van der Waals surface area contributed by atoms with E-state index in [1.807, 2.05) is 0 Å². The third-order valence-corrected chi connectivity index (χ3v) is 9.27. The van der Waals surface area contributed by atoms with E-state index in [0.717, 1.165) is 4.57 Å². The maximum Gasteiger partial charge on any atom is 0.0660 e. The summed E-state index contributed by atoms with van der Waals surface area (Å²) in [4.78, 5) is 0. The average molecular weight is 697 g/mol. The van der Waals surface area contributed by atoms with Gasteiger partial charge in [0.1, 0.15) is 0 Å². The number of aromatic nitrogens is 2. The fourth-order valence-electron chi connectivity index (χ4n) is 6.04. The summed E-state index contributed by atoms with van der Waals surface area (Å²) in [6, 6.07) is -26.2. The predicted octanol–water partition coefficient (Wildman–Crippen LogP) is 13.6. The van der Waals surface area contributed by atoms with E-state index in [1.165, 1.54) is 0 Å². The summed E-state index contributed by atoms with van der Waals surface area (Å²) in [6.07, 6.45) is 0. The summed E-state index contributed by atoms with van der Waals surface area (Å²) in [5, 5.41) is -2.80. The standard InChI is InChI=1S/C48H30N2S/c1-2-10-31(11-3-1)32-18-22-35(23-19-32)49-43-15-7-4-12-37(43)41-28-33(20-26-45(41)49)34-21-27-46-42(29-34)38-13-5-8-16-44(38)50(46)36-24-25-40-39-14-6-9-17-47(39)51-48(40)30-36/h1-30H/i1D,2D,3D,4D,5D,6D,7D,8D,9D,10D,11D,12D,13D,14D,15D,16D,17D,18D,19D,20D,21D,22D,23D,24D,25D,26D,27D,28D,29D,30D. The zero-order chi connectivity index (χ0) is 59.6. The van der Waals surface area contributed by atoms with Gasteiger partial charge in [0.25, 0.3) is 0 Å². The van der Waals surface area contributed by atoms with Crippen molar-refractivity contribution in [1.82, 2.24) is 9.13 Å². The fraction of sp³-hybridized carbons (Fsp3) is 0. The van der Waals surface area contributed by atoms with Crippen LogP contribution in [-0.2, 0) is 0 Å². The van der Waals surface area contributed by atoms with Crippen molar-refractivity contribution in [3.8, 4) is 33.6 Å². The van der Waals surface area contributed by atoms with Crippen molar-refractivity contribution in [2.45, 2.75) is 0 Å². The van der Waals surface area contributed by atoms with Gasteiger partial charge in [-0.1, -0.05) is 115 Å². The van der Waals surface area contributed by atoms with Gasteiger partial charge in [-0.3, -0.25) is 0 Å². The first-order valence-corrected chi connectivity index (χ1v) is 15.8.